The number of amides is 1. The first-order chi connectivity index (χ1) is 9.31. The molecule has 0 atom stereocenters. The molecule has 2 heterocycles. The molecule has 0 aromatic carbocycles. The third kappa shape index (κ3) is 2.30. The summed E-state index contributed by atoms with van der Waals surface area (Å²) in [6.07, 6.45) is 4.84. The van der Waals surface area contributed by atoms with Gasteiger partial charge in [0.1, 0.15) is 5.01 Å². The van der Waals surface area contributed by atoms with E-state index in [-0.39, 0.29) is 5.91 Å². The topological polar surface area (TPSA) is 54.9 Å². The Morgan fingerprint density at radius 3 is 2.74 bits per heavy atom. The predicted molar refractivity (Wildman–Crippen MR) is 76.1 cm³/mol. The molecule has 2 fully saturated rings. The van der Waals surface area contributed by atoms with Crippen molar-refractivity contribution in [1.29, 1.82) is 0 Å². The average Bonchev–Trinajstić information content (AvgIpc) is 3.34. The van der Waals surface area contributed by atoms with Crippen molar-refractivity contribution in [2.24, 2.45) is 0 Å². The van der Waals surface area contributed by atoms with Gasteiger partial charge in [-0.1, -0.05) is 11.3 Å². The van der Waals surface area contributed by atoms with Crippen LogP contribution in [0.5, 0.6) is 0 Å². The van der Waals surface area contributed by atoms with Crippen LogP contribution in [0.25, 0.3) is 0 Å². The Kier molecular flexibility index (Phi) is 2.66. The molecule has 0 bridgehead atoms. The minimum absolute atomic E-state index is 0.0320. The number of hydrogen-bond acceptors (Lipinski definition) is 5. The van der Waals surface area contributed by atoms with Crippen LogP contribution in [0.15, 0.2) is 11.4 Å². The number of carbonyl (C=O) groups excluding carboxylic acids is 1. The van der Waals surface area contributed by atoms with Crippen molar-refractivity contribution in [3.05, 3.63) is 26.9 Å². The lowest BCUT2D eigenvalue weighted by Crippen LogP contribution is -2.11. The molecule has 0 aliphatic heterocycles. The second-order valence-corrected chi connectivity index (χ2v) is 7.08. The first-order valence-electron chi connectivity index (χ1n) is 6.53. The lowest BCUT2D eigenvalue weighted by molar-refractivity contribution is 0.102. The molecule has 2 aromatic rings. The Balaban J connectivity index is 1.51. The van der Waals surface area contributed by atoms with Crippen molar-refractivity contribution in [2.75, 3.05) is 5.32 Å². The molecule has 19 heavy (non-hydrogen) atoms. The summed E-state index contributed by atoms with van der Waals surface area (Å²) in [5, 5.41) is 14.8. The number of anilines is 1. The van der Waals surface area contributed by atoms with Crippen LogP contribution in [-0.2, 0) is 0 Å². The van der Waals surface area contributed by atoms with Gasteiger partial charge in [0, 0.05) is 5.92 Å². The summed E-state index contributed by atoms with van der Waals surface area (Å²) < 4.78 is 0. The van der Waals surface area contributed by atoms with Crippen LogP contribution in [0.4, 0.5) is 5.13 Å². The highest BCUT2D eigenvalue weighted by Gasteiger charge is 2.30. The van der Waals surface area contributed by atoms with Gasteiger partial charge in [0.05, 0.1) is 4.88 Å². The number of nitrogens with zero attached hydrogens (tertiary/aromatic N) is 2. The molecular weight excluding hydrogens is 278 g/mol. The Labute approximate surface area is 118 Å². The molecule has 0 unspecified atom stereocenters. The van der Waals surface area contributed by atoms with E-state index in [2.05, 4.69) is 21.6 Å². The standard InChI is InChI=1S/C13H13N3OS2/c17-11(10-9(5-6-18-10)7-1-2-7)14-13-16-15-12(19-13)8-3-4-8/h5-8H,1-4H2,(H,14,16,17). The van der Waals surface area contributed by atoms with Gasteiger partial charge >= 0.3 is 0 Å². The van der Waals surface area contributed by atoms with E-state index >= 15 is 0 Å². The summed E-state index contributed by atoms with van der Waals surface area (Å²) in [6.45, 7) is 0. The summed E-state index contributed by atoms with van der Waals surface area (Å²) >= 11 is 3.02. The maximum atomic E-state index is 12.3. The van der Waals surface area contributed by atoms with Gasteiger partial charge in [-0.25, -0.2) is 0 Å². The van der Waals surface area contributed by atoms with E-state index in [0.29, 0.717) is 17.0 Å². The van der Waals surface area contributed by atoms with E-state index < -0.39 is 0 Å². The fraction of sp³-hybridized carbons (Fsp3) is 0.462. The van der Waals surface area contributed by atoms with Gasteiger partial charge in [0.25, 0.3) is 5.91 Å². The maximum absolute atomic E-state index is 12.3. The number of aromatic nitrogens is 2. The van der Waals surface area contributed by atoms with Crippen LogP contribution in [0.3, 0.4) is 0 Å². The molecule has 2 saturated carbocycles. The molecule has 6 heteroatoms. The average molecular weight is 291 g/mol. The highest BCUT2D eigenvalue weighted by molar-refractivity contribution is 7.16. The van der Waals surface area contributed by atoms with E-state index in [4.69, 9.17) is 0 Å². The molecule has 4 nitrogen and oxygen atoms in total. The summed E-state index contributed by atoms with van der Waals surface area (Å²) in [5.74, 6) is 1.16. The molecule has 2 aliphatic carbocycles. The van der Waals surface area contributed by atoms with Gasteiger partial charge in [0.2, 0.25) is 5.13 Å². The zero-order valence-electron chi connectivity index (χ0n) is 10.3. The van der Waals surface area contributed by atoms with Crippen LogP contribution in [-0.4, -0.2) is 16.1 Å². The number of thiophene rings is 1. The molecular formula is C13H13N3OS2. The van der Waals surface area contributed by atoms with E-state index in [1.807, 2.05) is 5.38 Å². The molecule has 2 aliphatic rings. The van der Waals surface area contributed by atoms with Gasteiger partial charge < -0.3 is 0 Å². The van der Waals surface area contributed by atoms with Crippen LogP contribution >= 0.6 is 22.7 Å². The van der Waals surface area contributed by atoms with Crippen LogP contribution < -0.4 is 5.32 Å². The van der Waals surface area contributed by atoms with Crippen LogP contribution in [0, 0.1) is 0 Å². The van der Waals surface area contributed by atoms with Crippen LogP contribution in [0.1, 0.15) is 57.8 Å². The zero-order valence-corrected chi connectivity index (χ0v) is 11.9. The Morgan fingerprint density at radius 1 is 1.21 bits per heavy atom. The van der Waals surface area contributed by atoms with E-state index in [1.54, 1.807) is 0 Å². The monoisotopic (exact) mass is 291 g/mol. The molecule has 0 spiro atoms. The molecule has 2 aromatic heterocycles. The van der Waals surface area contributed by atoms with Gasteiger partial charge in [-0.2, -0.15) is 0 Å². The van der Waals surface area contributed by atoms with Crippen molar-refractivity contribution in [3.63, 3.8) is 0 Å². The number of hydrogen-bond donors (Lipinski definition) is 1. The molecule has 98 valence electrons. The molecule has 0 saturated heterocycles. The Bertz CT molecular complexity index is 625. The second kappa shape index (κ2) is 4.38. The normalized spacial score (nSPS) is 18.5. The molecule has 0 radical (unpaired) electrons. The lowest BCUT2D eigenvalue weighted by atomic mass is 10.1. The van der Waals surface area contributed by atoms with Crippen molar-refractivity contribution < 1.29 is 4.79 Å². The fourth-order valence-corrected chi connectivity index (χ4v) is 3.94. The van der Waals surface area contributed by atoms with Crippen molar-refractivity contribution >= 4 is 33.7 Å². The van der Waals surface area contributed by atoms with Crippen molar-refractivity contribution in [1.82, 2.24) is 10.2 Å². The number of nitrogens with one attached hydrogen (secondary N) is 1. The van der Waals surface area contributed by atoms with E-state index in [9.17, 15) is 4.79 Å². The first-order valence-corrected chi connectivity index (χ1v) is 8.23. The van der Waals surface area contributed by atoms with E-state index in [1.165, 1.54) is 53.9 Å². The lowest BCUT2D eigenvalue weighted by Gasteiger charge is -2.01. The first kappa shape index (κ1) is 11.5. The van der Waals surface area contributed by atoms with Crippen molar-refractivity contribution in [3.8, 4) is 0 Å². The molecule has 1 N–H and O–H groups in total. The Morgan fingerprint density at radius 2 is 2.00 bits per heavy atom. The molecule has 1 amide bonds. The van der Waals surface area contributed by atoms with Gasteiger partial charge in [0.15, 0.2) is 0 Å². The second-order valence-electron chi connectivity index (χ2n) is 5.15. The fourth-order valence-electron chi connectivity index (χ4n) is 2.15. The quantitative estimate of drug-likeness (QED) is 0.936. The SMILES string of the molecule is O=C(Nc1nnc(C2CC2)s1)c1sccc1C1CC1. The maximum Gasteiger partial charge on any atom is 0.267 e. The Hall–Kier alpha value is -1.27. The third-order valence-electron chi connectivity index (χ3n) is 3.51. The van der Waals surface area contributed by atoms with Gasteiger partial charge in [-0.15, -0.1) is 21.5 Å². The predicted octanol–water partition coefficient (Wildman–Crippen LogP) is 3.61. The van der Waals surface area contributed by atoms with Crippen molar-refractivity contribution in [2.45, 2.75) is 37.5 Å². The summed E-state index contributed by atoms with van der Waals surface area (Å²) in [7, 11) is 0. The van der Waals surface area contributed by atoms with Gasteiger partial charge in [-0.05, 0) is 48.6 Å². The largest absolute Gasteiger partial charge is 0.296 e. The summed E-state index contributed by atoms with van der Waals surface area (Å²) in [6, 6.07) is 2.08. The zero-order chi connectivity index (χ0) is 12.8. The molecule has 4 rings (SSSR count). The number of rotatable bonds is 4. The summed E-state index contributed by atoms with van der Waals surface area (Å²) in [4.78, 5) is 13.1. The smallest absolute Gasteiger partial charge is 0.267 e. The minimum Gasteiger partial charge on any atom is -0.296 e. The summed E-state index contributed by atoms with van der Waals surface area (Å²) in [5.41, 5.74) is 1.20. The number of carbonyl (C=O) groups is 1. The third-order valence-corrected chi connectivity index (χ3v) is 5.44. The highest BCUT2D eigenvalue weighted by atomic mass is 32.1. The van der Waals surface area contributed by atoms with Gasteiger partial charge in [-0.3, -0.25) is 10.1 Å². The van der Waals surface area contributed by atoms with E-state index in [0.717, 1.165) is 9.88 Å². The van der Waals surface area contributed by atoms with Crippen LogP contribution in [0.2, 0.25) is 0 Å². The minimum atomic E-state index is -0.0320. The highest BCUT2D eigenvalue weighted by Crippen LogP contribution is 2.44.